The molecule has 1 amide bonds. The van der Waals surface area contributed by atoms with Crippen LogP contribution in [0, 0.1) is 11.7 Å². The van der Waals surface area contributed by atoms with Crippen LogP contribution in [-0.4, -0.2) is 24.9 Å². The Balaban J connectivity index is 1.81. The van der Waals surface area contributed by atoms with Crippen molar-refractivity contribution in [1.82, 2.24) is 9.88 Å². The van der Waals surface area contributed by atoms with Crippen molar-refractivity contribution < 1.29 is 9.18 Å². The molecule has 2 radical (unpaired) electrons. The van der Waals surface area contributed by atoms with Gasteiger partial charge in [0.25, 0.3) is 5.91 Å². The first-order valence-corrected chi connectivity index (χ1v) is 8.96. The first-order chi connectivity index (χ1) is 11.6. The maximum atomic E-state index is 14.4. The van der Waals surface area contributed by atoms with E-state index in [1.165, 1.54) is 44.6 Å². The van der Waals surface area contributed by atoms with E-state index >= 15 is 0 Å². The lowest BCUT2D eigenvalue weighted by molar-refractivity contribution is 0.0947. The topological polar surface area (TPSA) is 34.0 Å². The number of amides is 1. The van der Waals surface area contributed by atoms with E-state index < -0.39 is 5.82 Å². The Morgan fingerprint density at radius 3 is 2.67 bits per heavy atom. The molecule has 0 aliphatic heterocycles. The van der Waals surface area contributed by atoms with E-state index in [1.54, 1.807) is 12.3 Å². The molecule has 3 nitrogen and oxygen atoms in total. The van der Waals surface area contributed by atoms with Crippen LogP contribution in [0.3, 0.4) is 0 Å². The Hall–Kier alpha value is -1.78. The van der Waals surface area contributed by atoms with E-state index in [2.05, 4.69) is 5.32 Å². The van der Waals surface area contributed by atoms with E-state index in [9.17, 15) is 9.18 Å². The summed E-state index contributed by atoms with van der Waals surface area (Å²) in [5, 5.41) is 3.38. The number of hydrogen-bond donors (Lipinski definition) is 1. The summed E-state index contributed by atoms with van der Waals surface area (Å²) in [4.78, 5) is 12.6. The minimum absolute atomic E-state index is 0.194. The molecule has 0 unspecified atom stereocenters. The monoisotopic (exact) mass is 326 g/mol. The summed E-state index contributed by atoms with van der Waals surface area (Å²) in [6, 6.07) is 3.01. The minimum atomic E-state index is -0.434. The number of carbonyl (C=O) groups excluding carboxylic acids is 1. The quantitative estimate of drug-likeness (QED) is 0.679. The van der Waals surface area contributed by atoms with Gasteiger partial charge in [-0.3, -0.25) is 4.79 Å². The van der Waals surface area contributed by atoms with Crippen molar-refractivity contribution >= 4 is 30.1 Å². The summed E-state index contributed by atoms with van der Waals surface area (Å²) in [5.74, 6) is -0.0894. The van der Waals surface area contributed by atoms with Gasteiger partial charge in [-0.05, 0) is 37.8 Å². The van der Waals surface area contributed by atoms with E-state index in [-0.39, 0.29) is 5.91 Å². The summed E-state index contributed by atoms with van der Waals surface area (Å²) in [7, 11) is 5.75. The Labute approximate surface area is 144 Å². The summed E-state index contributed by atoms with van der Waals surface area (Å²) < 4.78 is 16.3. The molecule has 0 saturated heterocycles. The van der Waals surface area contributed by atoms with Gasteiger partial charge in [0.2, 0.25) is 0 Å². The molecule has 1 heterocycles. The lowest BCUT2D eigenvalue weighted by atomic mass is 9.94. The Kier molecular flexibility index (Phi) is 5.27. The Bertz CT molecular complexity index is 733. The molecule has 5 heteroatoms. The molecule has 1 aliphatic rings. The zero-order valence-electron chi connectivity index (χ0n) is 14.3. The average molecular weight is 326 g/mol. The fraction of sp³-hybridized carbons (Fsp3) is 0.526. The second-order valence-corrected chi connectivity index (χ2v) is 6.79. The third-order valence-corrected chi connectivity index (χ3v) is 5.07. The molecular formula is C19H24BFN2O. The zero-order chi connectivity index (χ0) is 17.1. The van der Waals surface area contributed by atoms with Gasteiger partial charge in [-0.25, -0.2) is 4.39 Å². The number of carbonyl (C=O) groups is 1. The third-order valence-electron chi connectivity index (χ3n) is 5.07. The SMILES string of the molecule is [B]c1cc(F)c2c(C(=O)NCC3CCCCCC3)cn(CC)c2c1. The Morgan fingerprint density at radius 2 is 2.00 bits per heavy atom. The van der Waals surface area contributed by atoms with Gasteiger partial charge < -0.3 is 9.88 Å². The number of nitrogens with one attached hydrogen (secondary N) is 1. The number of halogens is 1. The maximum absolute atomic E-state index is 14.4. The second kappa shape index (κ2) is 7.41. The molecule has 1 aromatic carbocycles. The molecule has 1 fully saturated rings. The molecule has 2 aromatic rings. The molecule has 3 rings (SSSR count). The largest absolute Gasteiger partial charge is 0.352 e. The van der Waals surface area contributed by atoms with Gasteiger partial charge in [-0.1, -0.05) is 31.1 Å². The normalized spacial score (nSPS) is 16.2. The van der Waals surface area contributed by atoms with E-state index in [4.69, 9.17) is 7.85 Å². The summed E-state index contributed by atoms with van der Waals surface area (Å²) in [6.07, 6.45) is 9.13. The number of aryl methyl sites for hydroxylation is 1. The number of fused-ring (bicyclic) bond motifs is 1. The van der Waals surface area contributed by atoms with Crippen molar-refractivity contribution in [3.63, 3.8) is 0 Å². The van der Waals surface area contributed by atoms with Crippen LogP contribution in [0.2, 0.25) is 0 Å². The van der Waals surface area contributed by atoms with Gasteiger partial charge in [0, 0.05) is 24.7 Å². The van der Waals surface area contributed by atoms with Gasteiger partial charge in [0.1, 0.15) is 13.7 Å². The van der Waals surface area contributed by atoms with Crippen LogP contribution in [0.25, 0.3) is 10.9 Å². The van der Waals surface area contributed by atoms with Crippen LogP contribution in [0.5, 0.6) is 0 Å². The molecule has 1 aliphatic carbocycles. The van der Waals surface area contributed by atoms with Crippen molar-refractivity contribution in [2.24, 2.45) is 5.92 Å². The van der Waals surface area contributed by atoms with E-state index in [0.29, 0.717) is 40.9 Å². The van der Waals surface area contributed by atoms with E-state index in [0.717, 1.165) is 0 Å². The lowest BCUT2D eigenvalue weighted by Gasteiger charge is -2.14. The van der Waals surface area contributed by atoms with E-state index in [1.807, 2.05) is 11.5 Å². The highest BCUT2D eigenvalue weighted by Gasteiger charge is 2.20. The van der Waals surface area contributed by atoms with Crippen molar-refractivity contribution in [1.29, 1.82) is 0 Å². The lowest BCUT2D eigenvalue weighted by Crippen LogP contribution is -2.29. The van der Waals surface area contributed by atoms with Crippen LogP contribution in [0.4, 0.5) is 4.39 Å². The predicted octanol–water partition coefficient (Wildman–Crippen LogP) is 3.29. The van der Waals surface area contributed by atoms with Gasteiger partial charge in [-0.2, -0.15) is 0 Å². The molecule has 0 spiro atoms. The highest BCUT2D eigenvalue weighted by atomic mass is 19.1. The third kappa shape index (κ3) is 3.50. The summed E-state index contributed by atoms with van der Waals surface area (Å²) in [5.41, 5.74) is 1.45. The standard InChI is InChI=1S/C19H24BFN2O/c1-2-23-12-15(18-16(21)9-14(20)10-17(18)23)19(24)22-11-13-7-5-3-4-6-8-13/h9-10,12-13H,2-8,11H2,1H3,(H,22,24). The first kappa shape index (κ1) is 17.1. The fourth-order valence-corrected chi connectivity index (χ4v) is 3.73. The van der Waals surface area contributed by atoms with Gasteiger partial charge in [-0.15, -0.1) is 0 Å². The van der Waals surface area contributed by atoms with Gasteiger partial charge >= 0.3 is 0 Å². The van der Waals surface area contributed by atoms with Crippen molar-refractivity contribution in [2.75, 3.05) is 6.54 Å². The van der Waals surface area contributed by atoms with Crippen molar-refractivity contribution in [2.45, 2.75) is 52.0 Å². The number of aromatic nitrogens is 1. The van der Waals surface area contributed by atoms with Crippen molar-refractivity contribution in [3.05, 3.63) is 29.7 Å². The smallest absolute Gasteiger partial charge is 0.253 e. The highest BCUT2D eigenvalue weighted by molar-refractivity contribution is 6.33. The molecule has 0 bridgehead atoms. The van der Waals surface area contributed by atoms with Crippen molar-refractivity contribution in [3.8, 4) is 0 Å². The number of nitrogens with zero attached hydrogens (tertiary/aromatic N) is 1. The van der Waals surface area contributed by atoms with Crippen LogP contribution in [0.1, 0.15) is 55.8 Å². The summed E-state index contributed by atoms with van der Waals surface area (Å²) >= 11 is 0. The number of benzene rings is 1. The second-order valence-electron chi connectivity index (χ2n) is 6.79. The highest BCUT2D eigenvalue weighted by Crippen LogP contribution is 2.25. The molecule has 1 N–H and O–H groups in total. The molecule has 0 atom stereocenters. The molecule has 1 aromatic heterocycles. The zero-order valence-corrected chi connectivity index (χ0v) is 14.3. The van der Waals surface area contributed by atoms with Gasteiger partial charge in [0.05, 0.1) is 11.1 Å². The molecule has 24 heavy (non-hydrogen) atoms. The predicted molar refractivity (Wildman–Crippen MR) is 96.5 cm³/mol. The first-order valence-electron chi connectivity index (χ1n) is 8.96. The average Bonchev–Trinajstić information content (AvgIpc) is 2.74. The number of hydrogen-bond acceptors (Lipinski definition) is 1. The fourth-order valence-electron chi connectivity index (χ4n) is 3.73. The van der Waals surface area contributed by atoms with Crippen LogP contribution in [-0.2, 0) is 6.54 Å². The van der Waals surface area contributed by atoms with Crippen LogP contribution < -0.4 is 10.8 Å². The summed E-state index contributed by atoms with van der Waals surface area (Å²) in [6.45, 7) is 3.30. The maximum Gasteiger partial charge on any atom is 0.253 e. The van der Waals surface area contributed by atoms with Gasteiger partial charge in [0.15, 0.2) is 0 Å². The minimum Gasteiger partial charge on any atom is -0.352 e. The van der Waals surface area contributed by atoms with Crippen LogP contribution >= 0.6 is 0 Å². The van der Waals surface area contributed by atoms with Crippen LogP contribution in [0.15, 0.2) is 18.3 Å². The number of rotatable bonds is 4. The molecule has 126 valence electrons. The molecule has 1 saturated carbocycles. The molecular weight excluding hydrogens is 302 g/mol. The Morgan fingerprint density at radius 1 is 1.29 bits per heavy atom.